The highest BCUT2D eigenvalue weighted by Crippen LogP contribution is 2.29. The maximum atomic E-state index is 9.69. The summed E-state index contributed by atoms with van der Waals surface area (Å²) >= 11 is 0. The third kappa shape index (κ3) is 4.65. The van der Waals surface area contributed by atoms with E-state index in [9.17, 15) is 10.2 Å². The Morgan fingerprint density at radius 1 is 0.941 bits per heavy atom. The predicted octanol–water partition coefficient (Wildman–Crippen LogP) is 1.17. The molecule has 0 bridgehead atoms. The van der Waals surface area contributed by atoms with Crippen molar-refractivity contribution in [3.05, 3.63) is 0 Å². The number of hydrogen-bond donors (Lipinski definition) is 2. The summed E-state index contributed by atoms with van der Waals surface area (Å²) in [5.74, 6) is 0. The number of hydrogen-bond acceptors (Lipinski definition) is 5. The summed E-state index contributed by atoms with van der Waals surface area (Å²) in [6.07, 6.45) is 0.406. The second kappa shape index (κ2) is 8.18. The first-order valence-electron chi connectivity index (χ1n) is 5.98. The van der Waals surface area contributed by atoms with Gasteiger partial charge in [0, 0.05) is 26.9 Å². The summed E-state index contributed by atoms with van der Waals surface area (Å²) in [4.78, 5) is 0. The van der Waals surface area contributed by atoms with Crippen LogP contribution in [-0.2, 0) is 13.3 Å². The summed E-state index contributed by atoms with van der Waals surface area (Å²) in [5, 5.41) is 19.2. The Hall–Kier alpha value is 0.0169. The standard InChI is InChI=1S/C11H26O5Si/c1-6-10(12)11(13)8-7-9(2)17(14-3,15-4)16-5/h9-13H,6-8H2,1-5H3. The van der Waals surface area contributed by atoms with Crippen molar-refractivity contribution in [3.63, 3.8) is 0 Å². The van der Waals surface area contributed by atoms with E-state index in [1.807, 2.05) is 13.8 Å². The van der Waals surface area contributed by atoms with Gasteiger partial charge in [0.05, 0.1) is 12.2 Å². The van der Waals surface area contributed by atoms with E-state index in [-0.39, 0.29) is 5.54 Å². The molecule has 0 rings (SSSR count). The summed E-state index contributed by atoms with van der Waals surface area (Å²) in [6.45, 7) is 3.82. The highest BCUT2D eigenvalue weighted by molar-refractivity contribution is 6.62. The Balaban J connectivity index is 4.28. The molecule has 0 aliphatic heterocycles. The van der Waals surface area contributed by atoms with Gasteiger partial charge in [0.1, 0.15) is 0 Å². The molecule has 0 aromatic heterocycles. The number of aliphatic hydroxyl groups excluding tert-OH is 2. The van der Waals surface area contributed by atoms with Crippen molar-refractivity contribution in [1.29, 1.82) is 0 Å². The Bertz CT molecular complexity index is 190. The average Bonchev–Trinajstić information content (AvgIpc) is 2.37. The van der Waals surface area contributed by atoms with E-state index in [1.54, 1.807) is 21.3 Å². The molecule has 0 saturated carbocycles. The predicted molar refractivity (Wildman–Crippen MR) is 67.7 cm³/mol. The van der Waals surface area contributed by atoms with Crippen LogP contribution in [0, 0.1) is 0 Å². The van der Waals surface area contributed by atoms with Crippen molar-refractivity contribution < 1.29 is 23.5 Å². The van der Waals surface area contributed by atoms with Crippen LogP contribution in [0.25, 0.3) is 0 Å². The van der Waals surface area contributed by atoms with Crippen molar-refractivity contribution in [3.8, 4) is 0 Å². The van der Waals surface area contributed by atoms with Crippen molar-refractivity contribution in [2.75, 3.05) is 21.3 Å². The maximum absolute atomic E-state index is 9.69. The van der Waals surface area contributed by atoms with Gasteiger partial charge in [-0.1, -0.05) is 13.8 Å². The molecule has 0 aliphatic rings. The van der Waals surface area contributed by atoms with E-state index in [0.29, 0.717) is 19.3 Å². The first-order valence-corrected chi connectivity index (χ1v) is 7.79. The van der Waals surface area contributed by atoms with Gasteiger partial charge < -0.3 is 23.5 Å². The first kappa shape index (κ1) is 17.0. The third-order valence-electron chi connectivity index (χ3n) is 3.21. The van der Waals surface area contributed by atoms with Gasteiger partial charge in [0.15, 0.2) is 0 Å². The molecule has 0 aliphatic carbocycles. The van der Waals surface area contributed by atoms with Gasteiger partial charge in [0.2, 0.25) is 0 Å². The smallest absolute Gasteiger partial charge is 0.390 e. The maximum Gasteiger partial charge on any atom is 0.503 e. The molecule has 0 spiro atoms. The van der Waals surface area contributed by atoms with Crippen molar-refractivity contribution in [1.82, 2.24) is 0 Å². The molecule has 0 amide bonds. The van der Waals surface area contributed by atoms with Crippen LogP contribution in [0.2, 0.25) is 5.54 Å². The highest BCUT2D eigenvalue weighted by atomic mass is 28.4. The Kier molecular flexibility index (Phi) is 8.19. The summed E-state index contributed by atoms with van der Waals surface area (Å²) in [7, 11) is 2.10. The summed E-state index contributed by atoms with van der Waals surface area (Å²) in [6, 6.07) is 0. The van der Waals surface area contributed by atoms with Crippen molar-refractivity contribution >= 4 is 8.80 Å². The minimum atomic E-state index is -2.63. The molecular formula is C11H26O5Si. The normalized spacial score (nSPS) is 17.8. The zero-order valence-corrected chi connectivity index (χ0v) is 12.5. The molecule has 0 aromatic carbocycles. The van der Waals surface area contributed by atoms with Crippen LogP contribution < -0.4 is 0 Å². The molecule has 0 heterocycles. The lowest BCUT2D eigenvalue weighted by Crippen LogP contribution is -2.47. The first-order chi connectivity index (χ1) is 7.97. The van der Waals surface area contributed by atoms with Crippen LogP contribution in [0.1, 0.15) is 33.1 Å². The average molecular weight is 266 g/mol. The fraction of sp³-hybridized carbons (Fsp3) is 1.00. The SMILES string of the molecule is CCC(O)C(O)CCC(C)[Si](OC)(OC)OC. The molecule has 6 heteroatoms. The molecule has 17 heavy (non-hydrogen) atoms. The van der Waals surface area contributed by atoms with E-state index in [4.69, 9.17) is 13.3 Å². The van der Waals surface area contributed by atoms with E-state index in [0.717, 1.165) is 0 Å². The van der Waals surface area contributed by atoms with Crippen LogP contribution >= 0.6 is 0 Å². The molecule has 0 radical (unpaired) electrons. The zero-order chi connectivity index (χ0) is 13.5. The highest BCUT2D eigenvalue weighted by Gasteiger charge is 2.44. The minimum absolute atomic E-state index is 0.0845. The monoisotopic (exact) mass is 266 g/mol. The molecule has 5 nitrogen and oxygen atoms in total. The molecule has 104 valence electrons. The number of rotatable bonds is 9. The lowest BCUT2D eigenvalue weighted by Gasteiger charge is -2.30. The van der Waals surface area contributed by atoms with Gasteiger partial charge >= 0.3 is 8.80 Å². The van der Waals surface area contributed by atoms with Crippen LogP contribution in [0.5, 0.6) is 0 Å². The van der Waals surface area contributed by atoms with E-state index in [2.05, 4.69) is 0 Å². The van der Waals surface area contributed by atoms with E-state index >= 15 is 0 Å². The Morgan fingerprint density at radius 3 is 1.76 bits per heavy atom. The van der Waals surface area contributed by atoms with Crippen LogP contribution in [0.4, 0.5) is 0 Å². The van der Waals surface area contributed by atoms with Gasteiger partial charge in [-0.3, -0.25) is 0 Å². The molecule has 3 unspecified atom stereocenters. The lowest BCUT2D eigenvalue weighted by molar-refractivity contribution is 0.00999. The lowest BCUT2D eigenvalue weighted by atomic mass is 10.1. The minimum Gasteiger partial charge on any atom is -0.390 e. The molecule has 3 atom stereocenters. The van der Waals surface area contributed by atoms with E-state index in [1.165, 1.54) is 0 Å². The van der Waals surface area contributed by atoms with Gasteiger partial charge in [-0.15, -0.1) is 0 Å². The molecule has 2 N–H and O–H groups in total. The molecular weight excluding hydrogens is 240 g/mol. The van der Waals surface area contributed by atoms with Gasteiger partial charge in [-0.2, -0.15) is 0 Å². The van der Waals surface area contributed by atoms with Crippen LogP contribution in [-0.4, -0.2) is 52.6 Å². The zero-order valence-electron chi connectivity index (χ0n) is 11.5. The quantitative estimate of drug-likeness (QED) is 0.613. The molecule has 0 saturated heterocycles. The Morgan fingerprint density at radius 2 is 1.41 bits per heavy atom. The van der Waals surface area contributed by atoms with Crippen molar-refractivity contribution in [2.24, 2.45) is 0 Å². The summed E-state index contributed by atoms with van der Waals surface area (Å²) in [5.41, 5.74) is 0.0845. The summed E-state index contributed by atoms with van der Waals surface area (Å²) < 4.78 is 16.1. The fourth-order valence-electron chi connectivity index (χ4n) is 1.92. The van der Waals surface area contributed by atoms with Crippen molar-refractivity contribution in [2.45, 2.75) is 50.9 Å². The fourth-order valence-corrected chi connectivity index (χ4v) is 4.14. The molecule has 0 aromatic rings. The Labute approximate surface area is 105 Å². The largest absolute Gasteiger partial charge is 0.503 e. The van der Waals surface area contributed by atoms with Gasteiger partial charge in [-0.25, -0.2) is 0 Å². The third-order valence-corrected chi connectivity index (χ3v) is 6.42. The van der Waals surface area contributed by atoms with Gasteiger partial charge in [-0.05, 0) is 19.3 Å². The van der Waals surface area contributed by atoms with Crippen LogP contribution in [0.15, 0.2) is 0 Å². The number of aliphatic hydroxyl groups is 2. The molecule has 0 fully saturated rings. The van der Waals surface area contributed by atoms with Crippen LogP contribution in [0.3, 0.4) is 0 Å². The van der Waals surface area contributed by atoms with E-state index < -0.39 is 21.0 Å². The second-order valence-corrected chi connectivity index (χ2v) is 7.65. The second-order valence-electron chi connectivity index (χ2n) is 4.24. The topological polar surface area (TPSA) is 68.2 Å². The van der Waals surface area contributed by atoms with Gasteiger partial charge in [0.25, 0.3) is 0 Å².